The molecule has 3 heterocycles. The van der Waals surface area contributed by atoms with Gasteiger partial charge in [-0.1, -0.05) is 111 Å². The Morgan fingerprint density at radius 1 is 0.691 bits per heavy atom. The minimum absolute atomic E-state index is 0. The van der Waals surface area contributed by atoms with E-state index in [1.807, 2.05) is 12.3 Å². The molecule has 0 N–H and O–H groups in total. The zero-order valence-electron chi connectivity index (χ0n) is 34.7. The third kappa shape index (κ3) is 7.58. The van der Waals surface area contributed by atoms with E-state index >= 15 is 0 Å². The van der Waals surface area contributed by atoms with Crippen LogP contribution >= 0.6 is 0 Å². The molecule has 5 nitrogen and oxygen atoms in total. The summed E-state index contributed by atoms with van der Waals surface area (Å²) in [6.07, 6.45) is 2.82. The maximum absolute atomic E-state index is 6.73. The molecule has 0 saturated carbocycles. The minimum Gasteiger partial charge on any atom is -0.509 e. The molecule has 286 valence electrons. The maximum Gasteiger partial charge on any atom is 2.00 e. The SMILES string of the molecule is CCc1ccnc(-n2c3[c-]c(Oc4[c-]c(-n5nc(C)c(-c6c(C(C)(C)C)cc(C)cc6C(C)(C)C)c5C)cc(C(C)(C)C)c4)ccc3c3ccccc32)c1.[Pt+2]. The smallest absolute Gasteiger partial charge is 0.509 e. The third-order valence-electron chi connectivity index (χ3n) is 10.6. The van der Waals surface area contributed by atoms with Crippen LogP contribution in [-0.2, 0) is 43.7 Å². The molecule has 0 aliphatic heterocycles. The van der Waals surface area contributed by atoms with E-state index < -0.39 is 0 Å². The molecule has 0 spiro atoms. The second-order valence-electron chi connectivity index (χ2n) is 18.0. The van der Waals surface area contributed by atoms with Gasteiger partial charge in [0.25, 0.3) is 0 Å². The predicted molar refractivity (Wildman–Crippen MR) is 225 cm³/mol. The molecule has 0 aliphatic rings. The summed E-state index contributed by atoms with van der Waals surface area (Å²) in [5, 5.41) is 7.49. The van der Waals surface area contributed by atoms with Gasteiger partial charge in [-0.2, -0.15) is 11.2 Å². The van der Waals surface area contributed by atoms with Crippen molar-refractivity contribution in [2.24, 2.45) is 0 Å². The van der Waals surface area contributed by atoms with Crippen LogP contribution in [0.3, 0.4) is 0 Å². The van der Waals surface area contributed by atoms with Crippen LogP contribution in [0, 0.1) is 32.9 Å². The second kappa shape index (κ2) is 14.6. The number of fused-ring (bicyclic) bond motifs is 3. The molecule has 0 saturated heterocycles. The fraction of sp³-hybridized carbons (Fsp3) is 0.347. The van der Waals surface area contributed by atoms with Crippen LogP contribution in [0.4, 0.5) is 0 Å². The molecule has 0 unspecified atom stereocenters. The zero-order valence-corrected chi connectivity index (χ0v) is 37.0. The average molecular weight is 910 g/mol. The van der Waals surface area contributed by atoms with E-state index in [0.29, 0.717) is 11.5 Å². The standard InChI is InChI=1S/C49H54N4O.Pt/c1-14-33-21-22-50-44(25-33)52-42-18-16-15-17-38(42)39-20-19-36(29-43(39)52)54-37-27-34(47(5,6)7)26-35(28-37)53-32(4)45(31(3)51-53)46-40(48(8,9)10)23-30(2)24-41(46)49(11,12)13;/h15-27H,14H2,1-13H3;/q-2;+2. The molecule has 0 aliphatic carbocycles. The van der Waals surface area contributed by atoms with Gasteiger partial charge in [0.15, 0.2) is 0 Å². The molecular weight excluding hydrogens is 856 g/mol. The van der Waals surface area contributed by atoms with Crippen molar-refractivity contribution in [2.75, 3.05) is 0 Å². The van der Waals surface area contributed by atoms with Crippen LogP contribution in [0.5, 0.6) is 11.5 Å². The number of ether oxygens (including phenoxy) is 1. The summed E-state index contributed by atoms with van der Waals surface area (Å²) in [7, 11) is 0. The molecule has 3 aromatic heterocycles. The van der Waals surface area contributed by atoms with Crippen LogP contribution in [0.15, 0.2) is 79.0 Å². The number of aryl methyl sites for hydroxylation is 3. The minimum atomic E-state index is -0.146. The third-order valence-corrected chi connectivity index (χ3v) is 10.6. The Labute approximate surface area is 342 Å². The van der Waals surface area contributed by atoms with E-state index in [1.165, 1.54) is 33.4 Å². The van der Waals surface area contributed by atoms with E-state index in [1.54, 1.807) is 0 Å². The van der Waals surface area contributed by atoms with Crippen molar-refractivity contribution >= 4 is 21.8 Å². The van der Waals surface area contributed by atoms with E-state index in [4.69, 9.17) is 14.8 Å². The Hall–Kier alpha value is -4.47. The Kier molecular flexibility index (Phi) is 10.6. The van der Waals surface area contributed by atoms with E-state index in [9.17, 15) is 0 Å². The summed E-state index contributed by atoms with van der Waals surface area (Å²) in [6.45, 7) is 29.2. The number of pyridine rings is 1. The Morgan fingerprint density at radius 3 is 2.00 bits per heavy atom. The number of benzene rings is 4. The molecule has 0 bridgehead atoms. The fourth-order valence-corrected chi connectivity index (χ4v) is 7.70. The number of rotatable bonds is 6. The van der Waals surface area contributed by atoms with Gasteiger partial charge in [0.2, 0.25) is 0 Å². The van der Waals surface area contributed by atoms with Crippen LogP contribution in [-0.4, -0.2) is 19.3 Å². The molecule has 0 radical (unpaired) electrons. The molecule has 0 fully saturated rings. The molecule has 4 aromatic carbocycles. The molecule has 0 atom stereocenters. The Morgan fingerprint density at radius 2 is 1.36 bits per heavy atom. The predicted octanol–water partition coefficient (Wildman–Crippen LogP) is 12.8. The first-order valence-corrected chi connectivity index (χ1v) is 19.2. The van der Waals surface area contributed by atoms with Crippen molar-refractivity contribution in [3.63, 3.8) is 0 Å². The zero-order chi connectivity index (χ0) is 38.9. The molecule has 7 rings (SSSR count). The van der Waals surface area contributed by atoms with Gasteiger partial charge in [-0.25, -0.2) is 4.98 Å². The first kappa shape index (κ1) is 40.2. The number of para-hydroxylation sites is 1. The Bertz CT molecular complexity index is 2510. The summed E-state index contributed by atoms with van der Waals surface area (Å²) in [4.78, 5) is 4.79. The molecule has 55 heavy (non-hydrogen) atoms. The van der Waals surface area contributed by atoms with Gasteiger partial charge in [-0.15, -0.1) is 41.3 Å². The van der Waals surface area contributed by atoms with Gasteiger partial charge >= 0.3 is 21.1 Å². The van der Waals surface area contributed by atoms with Gasteiger partial charge in [-0.3, -0.25) is 4.68 Å². The van der Waals surface area contributed by atoms with Crippen molar-refractivity contribution in [3.8, 4) is 34.1 Å². The number of nitrogens with zero attached hydrogens (tertiary/aromatic N) is 4. The van der Waals surface area contributed by atoms with Gasteiger partial charge < -0.3 is 9.30 Å². The van der Waals surface area contributed by atoms with Crippen LogP contribution in [0.2, 0.25) is 0 Å². The first-order chi connectivity index (χ1) is 25.3. The molecular formula is C49H54N4OPt. The number of hydrogen-bond acceptors (Lipinski definition) is 3. The first-order valence-electron chi connectivity index (χ1n) is 19.2. The summed E-state index contributed by atoms with van der Waals surface area (Å²) in [5.74, 6) is 2.11. The second-order valence-corrected chi connectivity index (χ2v) is 18.0. The largest absolute Gasteiger partial charge is 2.00 e. The van der Waals surface area contributed by atoms with Crippen molar-refractivity contribution in [1.82, 2.24) is 19.3 Å². The number of hydrogen-bond donors (Lipinski definition) is 0. The molecule has 0 amide bonds. The normalized spacial score (nSPS) is 12.4. The maximum atomic E-state index is 6.73. The summed E-state index contributed by atoms with van der Waals surface area (Å²) in [5.41, 5.74) is 13.5. The van der Waals surface area contributed by atoms with Crippen LogP contribution in [0.1, 0.15) is 108 Å². The van der Waals surface area contributed by atoms with Crippen LogP contribution < -0.4 is 4.74 Å². The molecule has 7 aromatic rings. The van der Waals surface area contributed by atoms with Gasteiger partial charge in [0, 0.05) is 34.5 Å². The van der Waals surface area contributed by atoms with E-state index in [2.05, 4.69) is 178 Å². The topological polar surface area (TPSA) is 44.9 Å². The summed E-state index contributed by atoms with van der Waals surface area (Å²) in [6, 6.07) is 33.1. The van der Waals surface area contributed by atoms with Crippen molar-refractivity contribution in [3.05, 3.63) is 130 Å². The van der Waals surface area contributed by atoms with Gasteiger partial charge in [0.1, 0.15) is 5.82 Å². The van der Waals surface area contributed by atoms with Gasteiger partial charge in [-0.05, 0) is 95.0 Å². The quantitative estimate of drug-likeness (QED) is 0.156. The van der Waals surface area contributed by atoms with Crippen molar-refractivity contribution in [1.29, 1.82) is 0 Å². The van der Waals surface area contributed by atoms with Crippen molar-refractivity contribution in [2.45, 2.75) is 113 Å². The Balaban J connectivity index is 0.00000514. The van der Waals surface area contributed by atoms with E-state index in [0.717, 1.165) is 56.7 Å². The number of aromatic nitrogens is 4. The molecule has 6 heteroatoms. The van der Waals surface area contributed by atoms with Crippen molar-refractivity contribution < 1.29 is 25.8 Å². The van der Waals surface area contributed by atoms with E-state index in [-0.39, 0.29) is 37.3 Å². The van der Waals surface area contributed by atoms with Gasteiger partial charge in [0.05, 0.1) is 5.69 Å². The summed E-state index contributed by atoms with van der Waals surface area (Å²) < 4.78 is 11.0. The monoisotopic (exact) mass is 909 g/mol. The van der Waals surface area contributed by atoms with Crippen LogP contribution in [0.25, 0.3) is 44.4 Å². The summed E-state index contributed by atoms with van der Waals surface area (Å²) >= 11 is 0. The fourth-order valence-electron chi connectivity index (χ4n) is 7.70. The average Bonchev–Trinajstić information content (AvgIpc) is 3.59.